The van der Waals surface area contributed by atoms with Gasteiger partial charge in [-0.25, -0.2) is 0 Å². The Hall–Kier alpha value is -8.48. The number of thiophene rings is 2. The molecule has 2 aromatic heterocycles. The van der Waals surface area contributed by atoms with E-state index in [9.17, 15) is 5.11 Å². The second kappa shape index (κ2) is 18.5. The Labute approximate surface area is 416 Å². The fraction of sp³-hybridized carbons (Fsp3) is 0.0154. The van der Waals surface area contributed by atoms with E-state index in [1.54, 1.807) is 0 Å². The van der Waals surface area contributed by atoms with Crippen molar-refractivity contribution in [1.82, 2.24) is 0 Å². The van der Waals surface area contributed by atoms with Gasteiger partial charge in [-0.15, -0.1) is 22.7 Å². The predicted molar refractivity (Wildman–Crippen MR) is 300 cm³/mol. The number of phenols is 1. The van der Waals surface area contributed by atoms with E-state index in [0.29, 0.717) is 0 Å². The van der Waals surface area contributed by atoms with Gasteiger partial charge in [-0.2, -0.15) is 0 Å². The van der Waals surface area contributed by atoms with E-state index in [-0.39, 0.29) is 5.75 Å². The maximum Gasteiger partial charge on any atom is 0.115 e. The Morgan fingerprint density at radius 1 is 0.314 bits per heavy atom. The van der Waals surface area contributed by atoms with Gasteiger partial charge in [0.2, 0.25) is 0 Å². The second-order valence-corrected chi connectivity index (χ2v) is 19.5. The molecule has 0 aliphatic rings. The number of hydrogen-bond donors (Lipinski definition) is 1. The lowest BCUT2D eigenvalue weighted by Gasteiger charge is -2.27. The molecule has 0 saturated heterocycles. The van der Waals surface area contributed by atoms with Gasteiger partial charge in [-0.1, -0.05) is 212 Å². The van der Waals surface area contributed by atoms with Crippen LogP contribution < -0.4 is 9.80 Å². The molecular weight excluding hydrogens is 889 g/mol. The third-order valence-corrected chi connectivity index (χ3v) is 15.6. The number of aromatic hydroxyl groups is 1. The van der Waals surface area contributed by atoms with Crippen molar-refractivity contribution in [3.05, 3.63) is 260 Å². The molecule has 70 heavy (non-hydrogen) atoms. The van der Waals surface area contributed by atoms with Crippen LogP contribution in [0.3, 0.4) is 0 Å². The summed E-state index contributed by atoms with van der Waals surface area (Å²) in [5, 5.41) is 17.8. The Balaban J connectivity index is 1.27. The molecule has 0 bridgehead atoms. The Kier molecular flexibility index (Phi) is 11.4. The van der Waals surface area contributed by atoms with Crippen molar-refractivity contribution in [2.45, 2.75) is 6.92 Å². The minimum atomic E-state index is 0.224. The van der Waals surface area contributed by atoms with Crippen molar-refractivity contribution in [3.8, 4) is 60.0 Å². The van der Waals surface area contributed by atoms with Crippen LogP contribution in [0.4, 0.5) is 32.8 Å². The van der Waals surface area contributed by atoms with Gasteiger partial charge in [0, 0.05) is 44.4 Å². The molecule has 12 rings (SSSR count). The van der Waals surface area contributed by atoms with Gasteiger partial charge in [0.15, 0.2) is 0 Å². The lowest BCUT2D eigenvalue weighted by Crippen LogP contribution is -2.10. The second-order valence-electron chi connectivity index (χ2n) is 17.5. The molecule has 334 valence electrons. The van der Waals surface area contributed by atoms with Crippen LogP contribution >= 0.6 is 22.7 Å². The molecule has 1 N–H and O–H groups in total. The van der Waals surface area contributed by atoms with Crippen LogP contribution in [0.2, 0.25) is 0 Å². The van der Waals surface area contributed by atoms with Crippen molar-refractivity contribution in [2.75, 3.05) is 9.80 Å². The van der Waals surface area contributed by atoms with Crippen molar-refractivity contribution in [1.29, 1.82) is 0 Å². The van der Waals surface area contributed by atoms with E-state index in [1.807, 2.05) is 34.8 Å². The SMILES string of the molecule is Cc1ccc(-c2c(-c3sc(N(c4ccccc4)c4cccc5ccccc45)c(-c4ccccc4)c3-c3ccc(O)cc3)sc(N(c3ccccc3)c3cccc4ccccc34)c2-c2ccccc2)cc1. The van der Waals surface area contributed by atoms with Crippen LogP contribution in [0.5, 0.6) is 5.75 Å². The Bertz CT molecular complexity index is 3510. The molecule has 0 spiro atoms. The number of hydrogen-bond acceptors (Lipinski definition) is 5. The smallest absolute Gasteiger partial charge is 0.115 e. The number of fused-ring (bicyclic) bond motifs is 2. The van der Waals surface area contributed by atoms with Crippen molar-refractivity contribution in [2.24, 2.45) is 0 Å². The predicted octanol–water partition coefficient (Wildman–Crippen LogP) is 19.4. The molecule has 0 fully saturated rings. The molecule has 10 aromatic carbocycles. The lowest BCUT2D eigenvalue weighted by atomic mass is 9.91. The molecule has 5 heteroatoms. The molecule has 0 unspecified atom stereocenters. The highest BCUT2D eigenvalue weighted by Crippen LogP contribution is 2.62. The van der Waals surface area contributed by atoms with Crippen LogP contribution in [0.25, 0.3) is 75.8 Å². The van der Waals surface area contributed by atoms with Gasteiger partial charge in [-0.3, -0.25) is 0 Å². The number of aryl methyl sites for hydroxylation is 1. The Morgan fingerprint density at radius 3 is 1.09 bits per heavy atom. The highest BCUT2D eigenvalue weighted by atomic mass is 32.1. The highest BCUT2D eigenvalue weighted by molar-refractivity contribution is 7.27. The quantitative estimate of drug-likeness (QED) is 0.140. The number of anilines is 6. The van der Waals surface area contributed by atoms with Gasteiger partial charge in [0.1, 0.15) is 15.8 Å². The number of rotatable bonds is 11. The molecule has 0 aliphatic heterocycles. The van der Waals surface area contributed by atoms with E-state index in [0.717, 1.165) is 92.4 Å². The maximum atomic E-state index is 10.9. The molecule has 0 radical (unpaired) electrons. The summed E-state index contributed by atoms with van der Waals surface area (Å²) >= 11 is 3.67. The molecule has 2 heterocycles. The van der Waals surface area contributed by atoms with E-state index >= 15 is 0 Å². The third kappa shape index (κ3) is 7.81. The summed E-state index contributed by atoms with van der Waals surface area (Å²) in [4.78, 5) is 7.24. The van der Waals surface area contributed by atoms with E-state index in [1.165, 1.54) is 21.7 Å². The first-order valence-corrected chi connectivity index (χ1v) is 25.2. The lowest BCUT2D eigenvalue weighted by molar-refractivity contribution is 0.475. The fourth-order valence-electron chi connectivity index (χ4n) is 9.81. The van der Waals surface area contributed by atoms with Crippen LogP contribution in [0, 0.1) is 6.92 Å². The minimum absolute atomic E-state index is 0.224. The van der Waals surface area contributed by atoms with Gasteiger partial charge < -0.3 is 14.9 Å². The summed E-state index contributed by atoms with van der Waals surface area (Å²) in [7, 11) is 0. The number of para-hydroxylation sites is 2. The van der Waals surface area contributed by atoms with Crippen molar-refractivity contribution >= 4 is 77.0 Å². The highest BCUT2D eigenvalue weighted by Gasteiger charge is 2.34. The zero-order valence-electron chi connectivity index (χ0n) is 38.4. The summed E-state index contributed by atoms with van der Waals surface area (Å²) in [5.74, 6) is 0.224. The summed E-state index contributed by atoms with van der Waals surface area (Å²) in [6.07, 6.45) is 0. The van der Waals surface area contributed by atoms with Gasteiger partial charge in [0.05, 0.1) is 21.1 Å². The van der Waals surface area contributed by atoms with Crippen LogP contribution in [0.15, 0.2) is 255 Å². The monoisotopic (exact) mass is 934 g/mol. The summed E-state index contributed by atoms with van der Waals surface area (Å²) in [6, 6.07) is 90.8. The molecule has 0 atom stereocenters. The third-order valence-electron chi connectivity index (χ3n) is 13.1. The largest absolute Gasteiger partial charge is 0.508 e. The average Bonchev–Trinajstić information content (AvgIpc) is 4.00. The van der Waals surface area contributed by atoms with Gasteiger partial charge in [0.25, 0.3) is 0 Å². The van der Waals surface area contributed by atoms with E-state index < -0.39 is 0 Å². The summed E-state index contributed by atoms with van der Waals surface area (Å²) in [5.41, 5.74) is 14.4. The standard InChI is InChI=1S/C65H46N2OS2/c1-44-36-38-49(39-37-44)58-60(47-22-6-2-7-23-47)64(66(51-28-10-4-11-29-51)56-34-18-26-45-20-14-16-32-54(45)56)69-62(58)63-59(50-40-42-53(68)43-41-50)61(48-24-8-3-9-25-48)65(70-63)67(52-30-12-5-13-31-52)57-35-19-27-46-21-15-17-33-55(46)57/h2-43,68H,1H3. The number of phenolic OH excluding ortho intramolecular Hbond substituents is 1. The Morgan fingerprint density at radius 2 is 0.657 bits per heavy atom. The van der Waals surface area contributed by atoms with Crippen LogP contribution in [-0.2, 0) is 0 Å². The summed E-state index contributed by atoms with van der Waals surface area (Å²) < 4.78 is 0. The number of nitrogens with zero attached hydrogens (tertiary/aromatic N) is 2. The van der Waals surface area contributed by atoms with E-state index in [2.05, 4.69) is 259 Å². The minimum Gasteiger partial charge on any atom is -0.508 e. The molecular formula is C65H46N2OS2. The summed E-state index contributed by atoms with van der Waals surface area (Å²) in [6.45, 7) is 2.16. The first-order chi connectivity index (χ1) is 34.6. The van der Waals surface area contributed by atoms with Crippen LogP contribution in [0.1, 0.15) is 5.56 Å². The van der Waals surface area contributed by atoms with Gasteiger partial charge in [-0.05, 0) is 88.5 Å². The maximum absolute atomic E-state index is 10.9. The molecule has 12 aromatic rings. The first-order valence-electron chi connectivity index (χ1n) is 23.6. The normalized spacial score (nSPS) is 11.3. The molecule has 0 aliphatic carbocycles. The zero-order valence-corrected chi connectivity index (χ0v) is 40.0. The zero-order chi connectivity index (χ0) is 47.0. The fourth-order valence-corrected chi connectivity index (χ4v) is 12.7. The van der Waals surface area contributed by atoms with Gasteiger partial charge >= 0.3 is 0 Å². The molecule has 0 amide bonds. The topological polar surface area (TPSA) is 26.7 Å². The molecule has 0 saturated carbocycles. The number of benzene rings is 10. The first kappa shape index (κ1) is 42.8. The van der Waals surface area contributed by atoms with Crippen LogP contribution in [-0.4, -0.2) is 5.11 Å². The van der Waals surface area contributed by atoms with Crippen molar-refractivity contribution in [3.63, 3.8) is 0 Å². The van der Waals surface area contributed by atoms with E-state index in [4.69, 9.17) is 0 Å². The average molecular weight is 935 g/mol. The van der Waals surface area contributed by atoms with Crippen molar-refractivity contribution < 1.29 is 5.11 Å². The molecule has 3 nitrogen and oxygen atoms in total.